The highest BCUT2D eigenvalue weighted by Gasteiger charge is 2.40. The lowest BCUT2D eigenvalue weighted by Crippen LogP contribution is -2.44. The summed E-state index contributed by atoms with van der Waals surface area (Å²) in [7, 11) is 1.31. The summed E-state index contributed by atoms with van der Waals surface area (Å²) >= 11 is 0. The Morgan fingerprint density at radius 3 is 2.14 bits per heavy atom. The van der Waals surface area contributed by atoms with Crippen molar-refractivity contribution in [2.24, 2.45) is 5.41 Å². The third kappa shape index (κ3) is 1.89. The van der Waals surface area contributed by atoms with E-state index in [1.54, 1.807) is 18.7 Å². The maximum atomic E-state index is 11.9. The molecule has 1 amide bonds. The van der Waals surface area contributed by atoms with E-state index in [1.807, 2.05) is 0 Å². The van der Waals surface area contributed by atoms with Gasteiger partial charge in [-0.25, -0.2) is 0 Å². The van der Waals surface area contributed by atoms with E-state index in [0.717, 1.165) is 25.9 Å². The summed E-state index contributed by atoms with van der Waals surface area (Å²) in [6.45, 7) is 4.75. The lowest BCUT2D eigenvalue weighted by Gasteiger charge is -2.26. The van der Waals surface area contributed by atoms with Crippen LogP contribution >= 0.6 is 0 Å². The van der Waals surface area contributed by atoms with Gasteiger partial charge in [-0.3, -0.25) is 9.59 Å². The number of esters is 1. The smallest absolute Gasteiger partial charge is 0.320 e. The molecule has 0 unspecified atom stereocenters. The molecule has 0 saturated carbocycles. The molecule has 80 valence electrons. The number of rotatable bonds is 2. The molecule has 4 heteroatoms. The summed E-state index contributed by atoms with van der Waals surface area (Å²) in [6, 6.07) is 0. The predicted molar refractivity (Wildman–Crippen MR) is 51.6 cm³/mol. The van der Waals surface area contributed by atoms with E-state index in [2.05, 4.69) is 4.74 Å². The van der Waals surface area contributed by atoms with Gasteiger partial charge >= 0.3 is 5.97 Å². The molecule has 0 N–H and O–H groups in total. The lowest BCUT2D eigenvalue weighted by molar-refractivity contribution is -0.160. The average molecular weight is 199 g/mol. The van der Waals surface area contributed by atoms with Crippen molar-refractivity contribution in [3.8, 4) is 0 Å². The zero-order valence-corrected chi connectivity index (χ0v) is 9.00. The van der Waals surface area contributed by atoms with Crippen LogP contribution in [0.25, 0.3) is 0 Å². The molecule has 0 aromatic heterocycles. The second kappa shape index (κ2) is 3.98. The van der Waals surface area contributed by atoms with Gasteiger partial charge in [0.05, 0.1) is 7.11 Å². The number of carbonyl (C=O) groups is 2. The molecule has 1 aliphatic rings. The van der Waals surface area contributed by atoms with E-state index in [-0.39, 0.29) is 5.91 Å². The first-order chi connectivity index (χ1) is 6.50. The third-order valence-electron chi connectivity index (χ3n) is 2.62. The summed E-state index contributed by atoms with van der Waals surface area (Å²) in [5.41, 5.74) is -1.04. The zero-order valence-electron chi connectivity index (χ0n) is 9.00. The molecule has 0 spiro atoms. The predicted octanol–water partition coefficient (Wildman–Crippen LogP) is 0.808. The fourth-order valence-corrected chi connectivity index (χ4v) is 1.66. The number of amides is 1. The van der Waals surface area contributed by atoms with Crippen molar-refractivity contribution in [3.63, 3.8) is 0 Å². The number of ether oxygens (including phenoxy) is 1. The zero-order chi connectivity index (χ0) is 10.8. The molecule has 1 rings (SSSR count). The van der Waals surface area contributed by atoms with Crippen LogP contribution in [0.4, 0.5) is 0 Å². The highest BCUT2D eigenvalue weighted by Crippen LogP contribution is 2.23. The second-order valence-corrected chi connectivity index (χ2v) is 4.12. The van der Waals surface area contributed by atoms with E-state index >= 15 is 0 Å². The summed E-state index contributed by atoms with van der Waals surface area (Å²) in [6.07, 6.45) is 2.06. The van der Waals surface area contributed by atoms with Crippen LogP contribution in [-0.2, 0) is 14.3 Å². The maximum Gasteiger partial charge on any atom is 0.320 e. The normalized spacial score (nSPS) is 16.9. The van der Waals surface area contributed by atoms with Crippen molar-refractivity contribution in [1.82, 2.24) is 4.90 Å². The Balaban J connectivity index is 2.70. The van der Waals surface area contributed by atoms with Gasteiger partial charge in [0.25, 0.3) is 0 Å². The molecule has 4 nitrogen and oxygen atoms in total. The minimum atomic E-state index is -1.04. The van der Waals surface area contributed by atoms with E-state index in [0.29, 0.717) is 0 Å². The number of methoxy groups -OCH3 is 1. The molecule has 0 atom stereocenters. The highest BCUT2D eigenvalue weighted by molar-refractivity contribution is 6.01. The van der Waals surface area contributed by atoms with E-state index < -0.39 is 11.4 Å². The quantitative estimate of drug-likeness (QED) is 0.488. The van der Waals surface area contributed by atoms with Crippen LogP contribution in [0, 0.1) is 5.41 Å². The minimum absolute atomic E-state index is 0.123. The summed E-state index contributed by atoms with van der Waals surface area (Å²) < 4.78 is 4.61. The van der Waals surface area contributed by atoms with Gasteiger partial charge in [0.15, 0.2) is 0 Å². The lowest BCUT2D eigenvalue weighted by atomic mass is 9.92. The first-order valence-electron chi connectivity index (χ1n) is 4.88. The van der Waals surface area contributed by atoms with Gasteiger partial charge in [0.2, 0.25) is 5.91 Å². The Kier molecular flexibility index (Phi) is 3.13. The molecule has 1 saturated heterocycles. The molecule has 0 bridgehead atoms. The van der Waals surface area contributed by atoms with Crippen molar-refractivity contribution in [3.05, 3.63) is 0 Å². The van der Waals surface area contributed by atoms with Gasteiger partial charge in [0, 0.05) is 13.1 Å². The second-order valence-electron chi connectivity index (χ2n) is 4.12. The van der Waals surface area contributed by atoms with E-state index in [4.69, 9.17) is 0 Å². The van der Waals surface area contributed by atoms with Crippen LogP contribution in [0.1, 0.15) is 26.7 Å². The summed E-state index contributed by atoms with van der Waals surface area (Å²) in [4.78, 5) is 25.0. The summed E-state index contributed by atoms with van der Waals surface area (Å²) in [5.74, 6) is -0.587. The maximum absolute atomic E-state index is 11.9. The van der Waals surface area contributed by atoms with Gasteiger partial charge in [-0.05, 0) is 26.7 Å². The van der Waals surface area contributed by atoms with Gasteiger partial charge < -0.3 is 9.64 Å². The van der Waals surface area contributed by atoms with Crippen LogP contribution in [0.5, 0.6) is 0 Å². The van der Waals surface area contributed by atoms with Crippen molar-refractivity contribution in [2.75, 3.05) is 20.2 Å². The molecule has 0 radical (unpaired) electrons. The summed E-state index contributed by atoms with van der Waals surface area (Å²) in [5, 5.41) is 0. The molecule has 1 heterocycles. The molecular weight excluding hydrogens is 182 g/mol. The van der Waals surface area contributed by atoms with Crippen molar-refractivity contribution in [2.45, 2.75) is 26.7 Å². The fourth-order valence-electron chi connectivity index (χ4n) is 1.66. The van der Waals surface area contributed by atoms with Crippen LogP contribution in [0.2, 0.25) is 0 Å². The Hall–Kier alpha value is -1.06. The molecule has 0 aromatic rings. The fraction of sp³-hybridized carbons (Fsp3) is 0.800. The van der Waals surface area contributed by atoms with Gasteiger partial charge in [-0.2, -0.15) is 0 Å². The Labute approximate surface area is 84.2 Å². The van der Waals surface area contributed by atoms with Gasteiger partial charge in [0.1, 0.15) is 5.41 Å². The Morgan fingerprint density at radius 1 is 1.21 bits per heavy atom. The van der Waals surface area contributed by atoms with Crippen LogP contribution < -0.4 is 0 Å². The monoisotopic (exact) mass is 199 g/mol. The van der Waals surface area contributed by atoms with Crippen LogP contribution in [0.3, 0.4) is 0 Å². The highest BCUT2D eigenvalue weighted by atomic mass is 16.5. The molecule has 1 aliphatic heterocycles. The number of carbonyl (C=O) groups excluding carboxylic acids is 2. The molecule has 1 fully saturated rings. The number of nitrogens with zero attached hydrogens (tertiary/aromatic N) is 1. The average Bonchev–Trinajstić information content (AvgIpc) is 2.67. The van der Waals surface area contributed by atoms with Crippen LogP contribution in [0.15, 0.2) is 0 Å². The molecule has 14 heavy (non-hydrogen) atoms. The molecular formula is C10H17NO3. The standard InChI is InChI=1S/C10H17NO3/c1-10(2,9(13)14-3)8(12)11-6-4-5-7-11/h4-7H2,1-3H3. The third-order valence-corrected chi connectivity index (χ3v) is 2.62. The topological polar surface area (TPSA) is 46.6 Å². The first kappa shape index (κ1) is 11.0. The van der Waals surface area contributed by atoms with E-state index in [9.17, 15) is 9.59 Å². The molecule has 0 aromatic carbocycles. The Morgan fingerprint density at radius 2 is 1.71 bits per heavy atom. The van der Waals surface area contributed by atoms with Gasteiger partial charge in [-0.15, -0.1) is 0 Å². The van der Waals surface area contributed by atoms with E-state index in [1.165, 1.54) is 7.11 Å². The van der Waals surface area contributed by atoms with Crippen molar-refractivity contribution >= 4 is 11.9 Å². The number of hydrogen-bond acceptors (Lipinski definition) is 3. The van der Waals surface area contributed by atoms with Gasteiger partial charge in [-0.1, -0.05) is 0 Å². The minimum Gasteiger partial charge on any atom is -0.468 e. The molecule has 0 aliphatic carbocycles. The largest absolute Gasteiger partial charge is 0.468 e. The number of hydrogen-bond donors (Lipinski definition) is 0. The van der Waals surface area contributed by atoms with Crippen molar-refractivity contribution < 1.29 is 14.3 Å². The SMILES string of the molecule is COC(=O)C(C)(C)C(=O)N1CCCC1. The first-order valence-corrected chi connectivity index (χ1v) is 4.88. The number of likely N-dealkylation sites (tertiary alicyclic amines) is 1. The van der Waals surface area contributed by atoms with Crippen molar-refractivity contribution in [1.29, 1.82) is 0 Å². The Bertz CT molecular complexity index is 242. The van der Waals surface area contributed by atoms with Crippen LogP contribution in [-0.4, -0.2) is 37.0 Å².